The van der Waals surface area contributed by atoms with E-state index < -0.39 is 12.1 Å². The minimum atomic E-state index is -0.847. The van der Waals surface area contributed by atoms with Crippen molar-refractivity contribution in [1.82, 2.24) is 0 Å². The molecule has 0 amide bonds. The number of ether oxygens (including phenoxy) is 3. The van der Waals surface area contributed by atoms with Gasteiger partial charge in [-0.1, -0.05) is 213 Å². The number of hydrogen-bond donors (Lipinski definition) is 0. The Balaban J connectivity index is 4.55. The lowest BCUT2D eigenvalue weighted by Crippen LogP contribution is -2.30. The van der Waals surface area contributed by atoms with Gasteiger partial charge in [-0.3, -0.25) is 14.4 Å². The molecule has 0 bridgehead atoms. The lowest BCUT2D eigenvalue weighted by molar-refractivity contribution is -0.166. The molecule has 0 aromatic rings. The summed E-state index contributed by atoms with van der Waals surface area (Å²) in [6.45, 7) is 6.35. The minimum absolute atomic E-state index is 0.0862. The zero-order valence-corrected chi connectivity index (χ0v) is 43.1. The first-order chi connectivity index (χ1) is 33.0. The fraction of sp³-hybridized carbons (Fsp3) is 0.623. The highest BCUT2D eigenvalue weighted by Crippen LogP contribution is 2.12. The summed E-state index contributed by atoms with van der Waals surface area (Å²) in [7, 11) is 0. The van der Waals surface area contributed by atoms with Gasteiger partial charge in [0.05, 0.1) is 6.42 Å². The Kier molecular flexibility index (Phi) is 51.0. The Morgan fingerprint density at radius 1 is 0.328 bits per heavy atom. The SMILES string of the molecule is CC/C=C\C/C=C\C/C=C\C/C=C\C/C=C\CC(=O)OC(COC(=O)CCCCCCC/C=C\C/C=C\CCCCC)COC(=O)CCCCCCCC/C=C\C/C=C\C/C=C\CCCCC. The van der Waals surface area contributed by atoms with Crippen LogP contribution >= 0.6 is 0 Å². The molecule has 0 rings (SSSR count). The third-order valence-corrected chi connectivity index (χ3v) is 11.0. The maximum Gasteiger partial charge on any atom is 0.310 e. The van der Waals surface area contributed by atoms with Gasteiger partial charge in [0, 0.05) is 12.8 Å². The fourth-order valence-corrected chi connectivity index (χ4v) is 6.91. The topological polar surface area (TPSA) is 78.9 Å². The number of allylic oxidation sites excluding steroid dienone is 19. The number of unbranched alkanes of at least 4 members (excludes halogenated alkanes) is 17. The van der Waals surface area contributed by atoms with Crippen molar-refractivity contribution in [2.24, 2.45) is 0 Å². The first-order valence-corrected chi connectivity index (χ1v) is 27.0. The summed E-state index contributed by atoms with van der Waals surface area (Å²) in [5.74, 6) is -1.09. The summed E-state index contributed by atoms with van der Waals surface area (Å²) in [5.41, 5.74) is 0. The Labute approximate surface area is 412 Å². The van der Waals surface area contributed by atoms with E-state index in [1.807, 2.05) is 6.08 Å². The molecule has 0 aliphatic carbocycles. The molecule has 0 aromatic carbocycles. The van der Waals surface area contributed by atoms with Gasteiger partial charge in [0.1, 0.15) is 13.2 Å². The fourth-order valence-electron chi connectivity index (χ4n) is 6.91. The molecule has 6 heteroatoms. The number of carbonyl (C=O) groups excluding carboxylic acids is 3. The van der Waals surface area contributed by atoms with E-state index in [0.29, 0.717) is 19.3 Å². The zero-order valence-electron chi connectivity index (χ0n) is 43.1. The first-order valence-electron chi connectivity index (χ1n) is 27.0. The summed E-state index contributed by atoms with van der Waals surface area (Å²) in [6.07, 6.45) is 74.9. The van der Waals surface area contributed by atoms with Crippen molar-refractivity contribution in [2.45, 2.75) is 232 Å². The van der Waals surface area contributed by atoms with E-state index in [2.05, 4.69) is 130 Å². The molecule has 0 saturated carbocycles. The van der Waals surface area contributed by atoms with E-state index >= 15 is 0 Å². The van der Waals surface area contributed by atoms with Gasteiger partial charge in [-0.25, -0.2) is 0 Å². The van der Waals surface area contributed by atoms with Gasteiger partial charge in [0.15, 0.2) is 6.10 Å². The summed E-state index contributed by atoms with van der Waals surface area (Å²) in [6, 6.07) is 0. The number of hydrogen-bond acceptors (Lipinski definition) is 6. The Bertz CT molecular complexity index is 1440. The molecule has 0 N–H and O–H groups in total. The van der Waals surface area contributed by atoms with Crippen LogP contribution in [0.15, 0.2) is 122 Å². The lowest BCUT2D eigenvalue weighted by Gasteiger charge is -2.18. The predicted molar refractivity (Wildman–Crippen MR) is 288 cm³/mol. The molecule has 1 unspecified atom stereocenters. The van der Waals surface area contributed by atoms with Gasteiger partial charge in [0.25, 0.3) is 0 Å². The highest BCUT2D eigenvalue weighted by molar-refractivity contribution is 5.72. The Morgan fingerprint density at radius 3 is 0.985 bits per heavy atom. The van der Waals surface area contributed by atoms with Crippen LogP contribution in [0.4, 0.5) is 0 Å². The second-order valence-corrected chi connectivity index (χ2v) is 17.4. The van der Waals surface area contributed by atoms with Gasteiger partial charge in [-0.2, -0.15) is 0 Å². The first kappa shape index (κ1) is 62.8. The molecule has 1 atom stereocenters. The van der Waals surface area contributed by atoms with Gasteiger partial charge < -0.3 is 14.2 Å². The van der Waals surface area contributed by atoms with Gasteiger partial charge >= 0.3 is 17.9 Å². The van der Waals surface area contributed by atoms with Gasteiger partial charge in [-0.15, -0.1) is 0 Å². The van der Waals surface area contributed by atoms with E-state index in [-0.39, 0.29) is 31.6 Å². The smallest absolute Gasteiger partial charge is 0.310 e. The lowest BCUT2D eigenvalue weighted by atomic mass is 10.1. The molecule has 378 valence electrons. The number of rotatable bonds is 47. The van der Waals surface area contributed by atoms with Crippen LogP contribution in [0.3, 0.4) is 0 Å². The maximum absolute atomic E-state index is 12.8. The van der Waals surface area contributed by atoms with Crippen molar-refractivity contribution in [3.8, 4) is 0 Å². The molecule has 0 aliphatic rings. The average Bonchev–Trinajstić information content (AvgIpc) is 3.33. The second kappa shape index (κ2) is 54.4. The molecule has 0 aromatic heterocycles. The minimum Gasteiger partial charge on any atom is -0.462 e. The quantitative estimate of drug-likeness (QED) is 0.0262. The Morgan fingerprint density at radius 2 is 0.627 bits per heavy atom. The van der Waals surface area contributed by atoms with Crippen LogP contribution in [-0.4, -0.2) is 37.2 Å². The number of esters is 3. The normalized spacial score (nSPS) is 13.1. The predicted octanol–water partition coefficient (Wildman–Crippen LogP) is 18.1. The van der Waals surface area contributed by atoms with E-state index in [4.69, 9.17) is 14.2 Å². The van der Waals surface area contributed by atoms with Gasteiger partial charge in [-0.05, 0) is 116 Å². The van der Waals surface area contributed by atoms with Crippen LogP contribution in [-0.2, 0) is 28.6 Å². The summed E-state index contributed by atoms with van der Waals surface area (Å²) < 4.78 is 16.7. The van der Waals surface area contributed by atoms with Crippen molar-refractivity contribution in [3.63, 3.8) is 0 Å². The van der Waals surface area contributed by atoms with Crippen LogP contribution in [0.1, 0.15) is 226 Å². The molecule has 0 fully saturated rings. The monoisotopic (exact) mass is 927 g/mol. The van der Waals surface area contributed by atoms with Gasteiger partial charge in [0.2, 0.25) is 0 Å². The highest BCUT2D eigenvalue weighted by Gasteiger charge is 2.19. The molecule has 6 nitrogen and oxygen atoms in total. The maximum atomic E-state index is 12.8. The second-order valence-electron chi connectivity index (χ2n) is 17.4. The van der Waals surface area contributed by atoms with Crippen LogP contribution in [0.5, 0.6) is 0 Å². The molecule has 0 spiro atoms. The van der Waals surface area contributed by atoms with E-state index in [9.17, 15) is 14.4 Å². The van der Waals surface area contributed by atoms with Crippen molar-refractivity contribution in [3.05, 3.63) is 122 Å². The van der Waals surface area contributed by atoms with Crippen LogP contribution < -0.4 is 0 Å². The zero-order chi connectivity index (χ0) is 48.6. The van der Waals surface area contributed by atoms with Crippen LogP contribution in [0.2, 0.25) is 0 Å². The molecule has 0 aliphatic heterocycles. The largest absolute Gasteiger partial charge is 0.462 e. The average molecular weight is 927 g/mol. The van der Waals surface area contributed by atoms with Crippen molar-refractivity contribution >= 4 is 17.9 Å². The van der Waals surface area contributed by atoms with Crippen molar-refractivity contribution in [2.75, 3.05) is 13.2 Å². The molecule has 0 radical (unpaired) electrons. The van der Waals surface area contributed by atoms with E-state index in [1.54, 1.807) is 6.08 Å². The molecule has 0 saturated heterocycles. The third-order valence-electron chi connectivity index (χ3n) is 11.0. The third kappa shape index (κ3) is 52.6. The summed E-state index contributed by atoms with van der Waals surface area (Å²) in [4.78, 5) is 38.0. The number of carbonyl (C=O) groups is 3. The summed E-state index contributed by atoms with van der Waals surface area (Å²) in [5, 5.41) is 0. The summed E-state index contributed by atoms with van der Waals surface area (Å²) >= 11 is 0. The van der Waals surface area contributed by atoms with Crippen molar-refractivity contribution < 1.29 is 28.6 Å². The van der Waals surface area contributed by atoms with Crippen molar-refractivity contribution in [1.29, 1.82) is 0 Å². The van der Waals surface area contributed by atoms with E-state index in [0.717, 1.165) is 116 Å². The highest BCUT2D eigenvalue weighted by atomic mass is 16.6. The molecule has 67 heavy (non-hydrogen) atoms. The molecular weight excluding hydrogens is 829 g/mol. The Hall–Kier alpha value is -4.19. The van der Waals surface area contributed by atoms with E-state index in [1.165, 1.54) is 64.2 Å². The molecular formula is C61H98O6. The van der Waals surface area contributed by atoms with Crippen LogP contribution in [0, 0.1) is 0 Å². The molecule has 0 heterocycles. The standard InChI is InChI=1S/C61H98O6/c1-4-7-10-13-16-19-22-25-28-29-30-31-34-36-39-42-45-48-51-54-60(63)66-57-58(67-61(64)55-52-49-46-43-40-37-33-27-24-21-18-15-12-9-6-3)56-65-59(62)53-50-47-44-41-38-35-32-26-23-20-17-14-11-8-5-2/h9,12,16-21,25-28,30-33,40,43,49,52,58H,4-8,10-11,13-15,22-24,29,34-39,41-42,44-48,50-51,53-57H2,1-3H3/b12-9-,19-16-,20-17-,21-18-,28-25-,31-30-,32-26-,33-27-,43-40-,52-49-. The van der Waals surface area contributed by atoms with Crippen LogP contribution in [0.25, 0.3) is 0 Å².